The molecule has 2 fully saturated rings. The Morgan fingerprint density at radius 1 is 1.06 bits per heavy atom. The van der Waals surface area contributed by atoms with Crippen LogP contribution in [-0.2, 0) is 11.2 Å². The quantitative estimate of drug-likeness (QED) is 0.772. The number of rotatable bonds is 5. The van der Waals surface area contributed by atoms with Crippen LogP contribution < -0.4 is 0 Å². The van der Waals surface area contributed by atoms with E-state index in [9.17, 15) is 14.7 Å². The van der Waals surface area contributed by atoms with E-state index >= 15 is 0 Å². The number of amides is 2. The summed E-state index contributed by atoms with van der Waals surface area (Å²) in [5.74, 6) is 0.252. The summed E-state index contributed by atoms with van der Waals surface area (Å²) in [5.41, 5.74) is 1.11. The number of benzene rings is 1. The minimum atomic E-state index is 0.114. The van der Waals surface area contributed by atoms with E-state index in [0.29, 0.717) is 19.6 Å². The van der Waals surface area contributed by atoms with Crippen molar-refractivity contribution in [2.24, 2.45) is 0 Å². The maximum absolute atomic E-state index is 13.6. The number of nitrogens with zero attached hydrogens (tertiary/aromatic N) is 3. The van der Waals surface area contributed by atoms with Crippen LogP contribution in [0, 0.1) is 0 Å². The molecule has 2 aliphatic heterocycles. The molecule has 1 aromatic carbocycles. The van der Waals surface area contributed by atoms with Crippen molar-refractivity contribution in [2.75, 3.05) is 45.9 Å². The van der Waals surface area contributed by atoms with Crippen molar-refractivity contribution in [1.29, 1.82) is 0 Å². The molecule has 4 rings (SSSR count). The second kappa shape index (κ2) is 10.1. The van der Waals surface area contributed by atoms with Gasteiger partial charge >= 0.3 is 0 Å². The fraction of sp³-hybridized carbons (Fsp3) is 0.583. The number of carbonyl (C=O) groups excluding carboxylic acids is 2. The van der Waals surface area contributed by atoms with Crippen LogP contribution in [0.4, 0.5) is 0 Å². The first-order valence-electron chi connectivity index (χ1n) is 11.5. The lowest BCUT2D eigenvalue weighted by Gasteiger charge is -2.34. The molecular weight excluding hydrogens is 410 g/mol. The summed E-state index contributed by atoms with van der Waals surface area (Å²) in [4.78, 5) is 32.9. The van der Waals surface area contributed by atoms with E-state index in [1.54, 1.807) is 18.3 Å². The molecule has 1 N–H and O–H groups in total. The van der Waals surface area contributed by atoms with Crippen molar-refractivity contribution in [3.8, 4) is 0 Å². The van der Waals surface area contributed by atoms with Crippen LogP contribution in [0.15, 0.2) is 24.3 Å². The van der Waals surface area contributed by atoms with Crippen molar-refractivity contribution in [1.82, 2.24) is 14.7 Å². The molecular formula is C24H33N3O3S. The lowest BCUT2D eigenvalue weighted by Crippen LogP contribution is -2.49. The molecule has 2 saturated heterocycles. The number of β-amino-alcohol motifs (C(OH)–C–C–N with tert-alkyl or cyclic N) is 1. The van der Waals surface area contributed by atoms with Gasteiger partial charge in [-0.3, -0.25) is 14.5 Å². The third-order valence-corrected chi connectivity index (χ3v) is 7.89. The van der Waals surface area contributed by atoms with E-state index in [1.165, 1.54) is 0 Å². The van der Waals surface area contributed by atoms with E-state index in [4.69, 9.17) is 0 Å². The number of thiophene rings is 1. The first kappa shape index (κ1) is 22.2. The van der Waals surface area contributed by atoms with Gasteiger partial charge in [-0.15, -0.1) is 11.3 Å². The molecule has 2 aliphatic rings. The molecule has 2 amide bonds. The molecule has 0 saturated carbocycles. The number of aliphatic hydroxyl groups is 1. The van der Waals surface area contributed by atoms with Gasteiger partial charge in [0.1, 0.15) is 0 Å². The minimum Gasteiger partial charge on any atom is -0.395 e. The Balaban J connectivity index is 1.61. The highest BCUT2D eigenvalue weighted by Crippen LogP contribution is 2.35. The largest absolute Gasteiger partial charge is 0.395 e. The molecule has 1 atom stereocenters. The minimum absolute atomic E-state index is 0.114. The van der Waals surface area contributed by atoms with E-state index in [0.717, 1.165) is 72.3 Å². The Hall–Kier alpha value is -1.96. The fourth-order valence-corrected chi connectivity index (χ4v) is 6.17. The van der Waals surface area contributed by atoms with Crippen LogP contribution in [0.5, 0.6) is 0 Å². The van der Waals surface area contributed by atoms with Crippen LogP contribution in [0.1, 0.15) is 47.8 Å². The third-order valence-electron chi connectivity index (χ3n) is 6.69. The second-order valence-electron chi connectivity index (χ2n) is 8.68. The highest BCUT2D eigenvalue weighted by molar-refractivity contribution is 7.21. The van der Waals surface area contributed by atoms with Gasteiger partial charge in [0.25, 0.3) is 5.91 Å². The lowest BCUT2D eigenvalue weighted by molar-refractivity contribution is -0.131. The molecule has 2 aromatic rings. The summed E-state index contributed by atoms with van der Waals surface area (Å²) in [5, 5.41) is 10.3. The number of piperazine rings is 1. The zero-order valence-electron chi connectivity index (χ0n) is 18.4. The standard InChI is InChI=1S/C24H33N3O3S/c1-18(29)27-10-6-2-3-7-19(27)17-21-20-8-4-5-9-22(20)31-23(21)24(30)26-13-11-25(12-14-26)15-16-28/h4-5,8-9,19,28H,2-3,6-7,10-17H2,1H3/t19-/m0/s1. The Labute approximate surface area is 188 Å². The van der Waals surface area contributed by atoms with Crippen LogP contribution in [0.3, 0.4) is 0 Å². The normalized spacial score (nSPS) is 20.8. The van der Waals surface area contributed by atoms with Crippen LogP contribution in [-0.4, -0.2) is 83.5 Å². The number of hydrogen-bond donors (Lipinski definition) is 1. The Kier molecular flexibility index (Phi) is 7.25. The van der Waals surface area contributed by atoms with Crippen molar-refractivity contribution in [2.45, 2.75) is 45.1 Å². The smallest absolute Gasteiger partial charge is 0.264 e. The number of carbonyl (C=O) groups is 2. The Morgan fingerprint density at radius 3 is 2.58 bits per heavy atom. The molecule has 7 heteroatoms. The van der Waals surface area contributed by atoms with Crippen molar-refractivity contribution in [3.05, 3.63) is 34.7 Å². The van der Waals surface area contributed by atoms with Crippen LogP contribution >= 0.6 is 11.3 Å². The van der Waals surface area contributed by atoms with Gasteiger partial charge in [-0.1, -0.05) is 31.0 Å². The summed E-state index contributed by atoms with van der Waals surface area (Å²) < 4.78 is 1.14. The summed E-state index contributed by atoms with van der Waals surface area (Å²) in [6.07, 6.45) is 5.10. The van der Waals surface area contributed by atoms with Crippen LogP contribution in [0.25, 0.3) is 10.1 Å². The topological polar surface area (TPSA) is 64.1 Å². The molecule has 1 aromatic heterocycles. The summed E-state index contributed by atoms with van der Waals surface area (Å²) in [6.45, 7) is 6.28. The summed E-state index contributed by atoms with van der Waals surface area (Å²) in [6, 6.07) is 8.43. The van der Waals surface area contributed by atoms with Gasteiger partial charge in [0.05, 0.1) is 11.5 Å². The summed E-state index contributed by atoms with van der Waals surface area (Å²) in [7, 11) is 0. The highest BCUT2D eigenvalue weighted by atomic mass is 32.1. The van der Waals surface area contributed by atoms with Gasteiger partial charge in [0.2, 0.25) is 5.91 Å². The molecule has 0 radical (unpaired) electrons. The van der Waals surface area contributed by atoms with Gasteiger partial charge < -0.3 is 14.9 Å². The molecule has 0 bridgehead atoms. The van der Waals surface area contributed by atoms with Crippen molar-refractivity contribution in [3.63, 3.8) is 0 Å². The molecule has 168 valence electrons. The third kappa shape index (κ3) is 4.94. The maximum atomic E-state index is 13.6. The number of hydrogen-bond acceptors (Lipinski definition) is 5. The Bertz CT molecular complexity index is 920. The first-order chi connectivity index (χ1) is 15.1. The highest BCUT2D eigenvalue weighted by Gasteiger charge is 2.30. The molecule has 6 nitrogen and oxygen atoms in total. The first-order valence-corrected chi connectivity index (χ1v) is 12.3. The fourth-order valence-electron chi connectivity index (χ4n) is 4.97. The van der Waals surface area contributed by atoms with Crippen molar-refractivity contribution < 1.29 is 14.7 Å². The second-order valence-corrected chi connectivity index (χ2v) is 9.74. The lowest BCUT2D eigenvalue weighted by atomic mass is 9.97. The number of aliphatic hydroxyl groups excluding tert-OH is 1. The monoisotopic (exact) mass is 443 g/mol. The van der Waals surface area contributed by atoms with Gasteiger partial charge in [-0.05, 0) is 36.3 Å². The van der Waals surface area contributed by atoms with Crippen LogP contribution in [0.2, 0.25) is 0 Å². The molecule has 3 heterocycles. The zero-order chi connectivity index (χ0) is 21.8. The van der Waals surface area contributed by atoms with Gasteiger partial charge in [0, 0.05) is 56.9 Å². The zero-order valence-corrected chi connectivity index (χ0v) is 19.2. The molecule has 31 heavy (non-hydrogen) atoms. The van der Waals surface area contributed by atoms with Crippen molar-refractivity contribution >= 4 is 33.2 Å². The predicted molar refractivity (Wildman–Crippen MR) is 125 cm³/mol. The van der Waals surface area contributed by atoms with E-state index in [1.807, 2.05) is 21.9 Å². The van der Waals surface area contributed by atoms with E-state index < -0.39 is 0 Å². The summed E-state index contributed by atoms with van der Waals surface area (Å²) >= 11 is 1.59. The number of likely N-dealkylation sites (tertiary alicyclic amines) is 1. The SMILES string of the molecule is CC(=O)N1CCCCC[C@H]1Cc1c(C(=O)N2CCN(CCO)CC2)sc2ccccc12. The number of fused-ring (bicyclic) bond motifs is 1. The average Bonchev–Trinajstić information content (AvgIpc) is 2.96. The van der Waals surface area contributed by atoms with Gasteiger partial charge in [-0.25, -0.2) is 0 Å². The van der Waals surface area contributed by atoms with Gasteiger partial charge in [0.15, 0.2) is 0 Å². The van der Waals surface area contributed by atoms with E-state index in [-0.39, 0.29) is 24.5 Å². The van der Waals surface area contributed by atoms with E-state index in [2.05, 4.69) is 17.0 Å². The molecule has 0 aliphatic carbocycles. The molecule has 0 spiro atoms. The predicted octanol–water partition coefficient (Wildman–Crippen LogP) is 2.99. The maximum Gasteiger partial charge on any atom is 0.264 e. The molecule has 0 unspecified atom stereocenters. The average molecular weight is 444 g/mol. The van der Waals surface area contributed by atoms with Gasteiger partial charge in [-0.2, -0.15) is 0 Å². The Morgan fingerprint density at radius 2 is 1.84 bits per heavy atom.